The smallest absolute Gasteiger partial charge is 0.117 e. The molecule has 3 aromatic heterocycles. The molecule has 0 radical (unpaired) electrons. The molecule has 0 unspecified atom stereocenters. The van der Waals surface area contributed by atoms with E-state index in [1.165, 1.54) is 0 Å². The van der Waals surface area contributed by atoms with Gasteiger partial charge in [0.2, 0.25) is 0 Å². The molecule has 3 aromatic rings. The zero-order valence-electron chi connectivity index (χ0n) is 12.9. The maximum absolute atomic E-state index is 4.65. The summed E-state index contributed by atoms with van der Waals surface area (Å²) in [6.07, 6.45) is 8.16. The molecular formula is C16H20N6. The van der Waals surface area contributed by atoms with Crippen molar-refractivity contribution in [2.24, 2.45) is 0 Å². The Morgan fingerprint density at radius 1 is 1.09 bits per heavy atom. The number of anilines is 1. The van der Waals surface area contributed by atoms with Gasteiger partial charge < -0.3 is 10.2 Å². The van der Waals surface area contributed by atoms with Crippen molar-refractivity contribution in [2.45, 2.75) is 6.42 Å². The van der Waals surface area contributed by atoms with Gasteiger partial charge in [0, 0.05) is 30.7 Å². The summed E-state index contributed by atoms with van der Waals surface area (Å²) in [7, 11) is 4.17. The van der Waals surface area contributed by atoms with Crippen LogP contribution in [0.1, 0.15) is 6.42 Å². The summed E-state index contributed by atoms with van der Waals surface area (Å²) < 4.78 is 1.81. The molecule has 1 N–H and O–H groups in total. The van der Waals surface area contributed by atoms with Crippen molar-refractivity contribution in [3.8, 4) is 11.3 Å². The minimum absolute atomic E-state index is 0.903. The molecule has 0 spiro atoms. The number of fused-ring (bicyclic) bond motifs is 1. The topological polar surface area (TPSA) is 58.3 Å². The SMILES string of the molecule is CN(C)CCCNc1c(-c2ccncc2)nn2cnccc12. The van der Waals surface area contributed by atoms with Gasteiger partial charge in [0.1, 0.15) is 12.0 Å². The van der Waals surface area contributed by atoms with Crippen molar-refractivity contribution < 1.29 is 0 Å². The third-order valence-corrected chi connectivity index (χ3v) is 3.48. The number of nitrogens with zero attached hydrogens (tertiary/aromatic N) is 5. The minimum atomic E-state index is 0.903. The highest BCUT2D eigenvalue weighted by Gasteiger charge is 2.13. The van der Waals surface area contributed by atoms with Crippen LogP contribution >= 0.6 is 0 Å². The molecule has 3 heterocycles. The van der Waals surface area contributed by atoms with Crippen LogP contribution < -0.4 is 5.32 Å². The normalized spacial score (nSPS) is 11.2. The van der Waals surface area contributed by atoms with Gasteiger partial charge in [-0.05, 0) is 45.3 Å². The molecule has 22 heavy (non-hydrogen) atoms. The third-order valence-electron chi connectivity index (χ3n) is 3.48. The van der Waals surface area contributed by atoms with Gasteiger partial charge in [-0.25, -0.2) is 9.50 Å². The van der Waals surface area contributed by atoms with Crippen LogP contribution in [0.15, 0.2) is 43.1 Å². The van der Waals surface area contributed by atoms with E-state index in [0.29, 0.717) is 0 Å². The van der Waals surface area contributed by atoms with Crippen LogP contribution in [0.25, 0.3) is 16.8 Å². The predicted molar refractivity (Wildman–Crippen MR) is 87.9 cm³/mol. The van der Waals surface area contributed by atoms with Crippen LogP contribution in [-0.4, -0.2) is 51.7 Å². The highest BCUT2D eigenvalue weighted by molar-refractivity contribution is 5.86. The van der Waals surface area contributed by atoms with Gasteiger partial charge in [0.05, 0.1) is 11.2 Å². The van der Waals surface area contributed by atoms with Crippen LogP contribution in [0.3, 0.4) is 0 Å². The van der Waals surface area contributed by atoms with E-state index in [9.17, 15) is 0 Å². The molecule has 6 heteroatoms. The van der Waals surface area contributed by atoms with E-state index in [4.69, 9.17) is 0 Å². The number of pyridine rings is 1. The standard InChI is InChI=1S/C16H20N6/c1-21(2)11-3-7-19-16-14-6-10-18-12-22(14)20-15(16)13-4-8-17-9-5-13/h4-6,8-10,12,19H,3,7,11H2,1-2H3. The second-order valence-electron chi connectivity index (χ2n) is 5.45. The lowest BCUT2D eigenvalue weighted by Gasteiger charge is -2.11. The molecule has 0 bridgehead atoms. The Kier molecular flexibility index (Phi) is 4.29. The average molecular weight is 296 g/mol. The summed E-state index contributed by atoms with van der Waals surface area (Å²) in [4.78, 5) is 10.4. The number of hydrogen-bond acceptors (Lipinski definition) is 5. The fourth-order valence-electron chi connectivity index (χ4n) is 2.41. The number of hydrogen-bond donors (Lipinski definition) is 1. The maximum atomic E-state index is 4.65. The molecule has 0 amide bonds. The van der Waals surface area contributed by atoms with Crippen LogP contribution in [0.4, 0.5) is 5.69 Å². The minimum Gasteiger partial charge on any atom is -0.381 e. The second kappa shape index (κ2) is 6.53. The van der Waals surface area contributed by atoms with Crippen molar-refractivity contribution >= 4 is 11.2 Å². The summed E-state index contributed by atoms with van der Waals surface area (Å²) in [5.74, 6) is 0. The monoisotopic (exact) mass is 296 g/mol. The van der Waals surface area contributed by atoms with E-state index < -0.39 is 0 Å². The fraction of sp³-hybridized carbons (Fsp3) is 0.312. The van der Waals surface area contributed by atoms with Crippen LogP contribution in [-0.2, 0) is 0 Å². The molecule has 0 aliphatic carbocycles. The molecule has 0 aliphatic rings. The second-order valence-corrected chi connectivity index (χ2v) is 5.45. The van der Waals surface area contributed by atoms with Crippen molar-refractivity contribution in [3.05, 3.63) is 43.1 Å². The predicted octanol–water partition coefficient (Wildman–Crippen LogP) is 2.15. The molecule has 0 atom stereocenters. The van der Waals surface area contributed by atoms with Crippen molar-refractivity contribution in [1.82, 2.24) is 24.5 Å². The molecule has 0 saturated heterocycles. The summed E-state index contributed by atoms with van der Waals surface area (Å²) in [6, 6.07) is 5.92. The van der Waals surface area contributed by atoms with Gasteiger partial charge in [-0.1, -0.05) is 0 Å². The highest BCUT2D eigenvalue weighted by atomic mass is 15.3. The Morgan fingerprint density at radius 2 is 1.86 bits per heavy atom. The quantitative estimate of drug-likeness (QED) is 0.706. The summed E-state index contributed by atoms with van der Waals surface area (Å²) >= 11 is 0. The van der Waals surface area contributed by atoms with Crippen LogP contribution in [0.2, 0.25) is 0 Å². The summed E-state index contributed by atoms with van der Waals surface area (Å²) in [5, 5.41) is 8.18. The molecule has 0 aliphatic heterocycles. The van der Waals surface area contributed by atoms with E-state index in [2.05, 4.69) is 39.4 Å². The van der Waals surface area contributed by atoms with E-state index in [1.54, 1.807) is 24.9 Å². The molecule has 0 aromatic carbocycles. The number of nitrogens with one attached hydrogen (secondary N) is 1. The van der Waals surface area contributed by atoms with Gasteiger partial charge in [-0.15, -0.1) is 0 Å². The molecule has 0 fully saturated rings. The molecular weight excluding hydrogens is 276 g/mol. The van der Waals surface area contributed by atoms with E-state index in [0.717, 1.165) is 42.0 Å². The molecule has 6 nitrogen and oxygen atoms in total. The molecule has 114 valence electrons. The lowest BCUT2D eigenvalue weighted by Crippen LogP contribution is -2.16. The Labute approximate surface area is 129 Å². The average Bonchev–Trinajstić information content (AvgIpc) is 2.91. The first-order valence-electron chi connectivity index (χ1n) is 7.37. The van der Waals surface area contributed by atoms with Gasteiger partial charge >= 0.3 is 0 Å². The van der Waals surface area contributed by atoms with E-state index in [1.807, 2.05) is 22.7 Å². The summed E-state index contributed by atoms with van der Waals surface area (Å²) in [5.41, 5.74) is 4.06. The Morgan fingerprint density at radius 3 is 2.64 bits per heavy atom. The maximum Gasteiger partial charge on any atom is 0.117 e. The third kappa shape index (κ3) is 3.07. The van der Waals surface area contributed by atoms with Gasteiger partial charge in [-0.3, -0.25) is 4.98 Å². The molecule has 0 saturated carbocycles. The highest BCUT2D eigenvalue weighted by Crippen LogP contribution is 2.30. The zero-order valence-corrected chi connectivity index (χ0v) is 12.9. The first kappa shape index (κ1) is 14.5. The first-order chi connectivity index (χ1) is 10.8. The van der Waals surface area contributed by atoms with Crippen molar-refractivity contribution in [1.29, 1.82) is 0 Å². The fourth-order valence-corrected chi connectivity index (χ4v) is 2.41. The van der Waals surface area contributed by atoms with Gasteiger partial charge in [0.15, 0.2) is 0 Å². The summed E-state index contributed by atoms with van der Waals surface area (Å²) in [6.45, 7) is 1.96. The zero-order chi connectivity index (χ0) is 15.4. The lowest BCUT2D eigenvalue weighted by atomic mass is 10.1. The Hall–Kier alpha value is -2.47. The number of aromatic nitrogens is 4. The largest absolute Gasteiger partial charge is 0.381 e. The van der Waals surface area contributed by atoms with Crippen molar-refractivity contribution in [2.75, 3.05) is 32.5 Å². The van der Waals surface area contributed by atoms with E-state index in [-0.39, 0.29) is 0 Å². The van der Waals surface area contributed by atoms with Gasteiger partial charge in [-0.2, -0.15) is 5.10 Å². The van der Waals surface area contributed by atoms with Gasteiger partial charge in [0.25, 0.3) is 0 Å². The molecule has 3 rings (SSSR count). The number of rotatable bonds is 6. The Bertz CT molecular complexity index is 735. The first-order valence-corrected chi connectivity index (χ1v) is 7.37. The van der Waals surface area contributed by atoms with Crippen molar-refractivity contribution in [3.63, 3.8) is 0 Å². The Balaban J connectivity index is 1.92. The van der Waals surface area contributed by atoms with Crippen LogP contribution in [0.5, 0.6) is 0 Å². The van der Waals surface area contributed by atoms with Crippen LogP contribution in [0, 0.1) is 0 Å². The van der Waals surface area contributed by atoms with E-state index >= 15 is 0 Å². The lowest BCUT2D eigenvalue weighted by molar-refractivity contribution is 0.405.